The summed E-state index contributed by atoms with van der Waals surface area (Å²) in [5.74, 6) is 0.207. The van der Waals surface area contributed by atoms with E-state index in [1.165, 1.54) is 0 Å². The molecule has 1 heterocycles. The molecule has 0 bridgehead atoms. The quantitative estimate of drug-likeness (QED) is 0.637. The van der Waals surface area contributed by atoms with Crippen molar-refractivity contribution in [1.82, 2.24) is 0 Å². The number of hydrogen-bond acceptors (Lipinski definition) is 3. The second-order valence-electron chi connectivity index (χ2n) is 3.13. The third-order valence-corrected chi connectivity index (χ3v) is 2.32. The second-order valence-corrected chi connectivity index (χ2v) is 3.63. The summed E-state index contributed by atoms with van der Waals surface area (Å²) >= 11 is 3.70. The van der Waals surface area contributed by atoms with Crippen LogP contribution < -0.4 is 0 Å². The van der Waals surface area contributed by atoms with Crippen LogP contribution in [0.15, 0.2) is 28.7 Å². The lowest BCUT2D eigenvalue weighted by Gasteiger charge is -1.93. The number of benzene rings is 1. The first-order chi connectivity index (χ1) is 7.22. The average Bonchev–Trinajstić information content (AvgIpc) is 2.56. The summed E-state index contributed by atoms with van der Waals surface area (Å²) in [4.78, 5) is 21.7. The molecule has 0 N–H and O–H groups in total. The molecule has 0 aliphatic rings. The number of aldehydes is 1. The van der Waals surface area contributed by atoms with E-state index < -0.39 is 0 Å². The van der Waals surface area contributed by atoms with E-state index in [4.69, 9.17) is 4.42 Å². The number of carbonyl (C=O) groups is 2. The van der Waals surface area contributed by atoms with Crippen LogP contribution in [-0.4, -0.2) is 11.4 Å². The molecule has 0 fully saturated rings. The number of carbonyl (C=O) groups excluding carboxylic acids is 2. The minimum Gasteiger partial charge on any atom is -0.453 e. The molecule has 0 unspecified atom stereocenters. The van der Waals surface area contributed by atoms with Crippen LogP contribution in [0.2, 0.25) is 0 Å². The molecular formula is C11H8O3S. The van der Waals surface area contributed by atoms with E-state index in [2.05, 4.69) is 12.6 Å². The lowest BCUT2D eigenvalue weighted by Crippen LogP contribution is -1.95. The largest absolute Gasteiger partial charge is 0.453 e. The van der Waals surface area contributed by atoms with Gasteiger partial charge >= 0.3 is 0 Å². The normalized spacial score (nSPS) is 10.5. The molecule has 0 saturated carbocycles. The number of rotatable bonds is 3. The Morgan fingerprint density at radius 1 is 1.40 bits per heavy atom. The zero-order valence-corrected chi connectivity index (χ0v) is 8.66. The maximum Gasteiger partial charge on any atom is 0.190 e. The van der Waals surface area contributed by atoms with E-state index in [9.17, 15) is 9.59 Å². The molecular weight excluding hydrogens is 212 g/mol. The Hall–Kier alpha value is -1.55. The fraction of sp³-hybridized carbons (Fsp3) is 0.0909. The van der Waals surface area contributed by atoms with E-state index in [0.717, 1.165) is 5.39 Å². The summed E-state index contributed by atoms with van der Waals surface area (Å²) in [5, 5.41) is 0.506. The fourth-order valence-electron chi connectivity index (χ4n) is 1.55. The molecule has 2 aromatic rings. The summed E-state index contributed by atoms with van der Waals surface area (Å²) in [5.41, 5.74) is 1.23. The van der Waals surface area contributed by atoms with Gasteiger partial charge in [0, 0.05) is 17.4 Å². The summed E-state index contributed by atoms with van der Waals surface area (Å²) in [6.07, 6.45) is 0.722. The van der Waals surface area contributed by atoms with Gasteiger partial charge in [-0.05, 0) is 6.07 Å². The van der Waals surface area contributed by atoms with Crippen LogP contribution >= 0.6 is 12.6 Å². The van der Waals surface area contributed by atoms with Crippen molar-refractivity contribution in [2.45, 2.75) is 6.42 Å². The molecule has 0 aliphatic carbocycles. The summed E-state index contributed by atoms with van der Waals surface area (Å²) in [6, 6.07) is 7.22. The van der Waals surface area contributed by atoms with Crippen LogP contribution in [0.5, 0.6) is 0 Å². The number of para-hydroxylation sites is 1. The van der Waals surface area contributed by atoms with E-state index in [0.29, 0.717) is 17.4 Å². The van der Waals surface area contributed by atoms with Crippen LogP contribution in [0.25, 0.3) is 11.0 Å². The van der Waals surface area contributed by atoms with Crippen molar-refractivity contribution in [3.05, 3.63) is 35.6 Å². The predicted octanol–water partition coefficient (Wildman–Crippen LogP) is 2.24. The van der Waals surface area contributed by atoms with Gasteiger partial charge in [0.25, 0.3) is 0 Å². The van der Waals surface area contributed by atoms with Crippen molar-refractivity contribution in [2.75, 3.05) is 0 Å². The minimum atomic E-state index is -0.287. The Balaban J connectivity index is 2.66. The molecule has 4 heteroatoms. The first-order valence-corrected chi connectivity index (χ1v) is 4.84. The summed E-state index contributed by atoms with van der Waals surface area (Å²) in [7, 11) is 0. The van der Waals surface area contributed by atoms with Gasteiger partial charge in [0.1, 0.15) is 5.58 Å². The minimum absolute atomic E-state index is 0.105. The van der Waals surface area contributed by atoms with Crippen molar-refractivity contribution in [1.29, 1.82) is 0 Å². The highest BCUT2D eigenvalue weighted by atomic mass is 32.1. The highest BCUT2D eigenvalue weighted by Gasteiger charge is 2.14. The van der Waals surface area contributed by atoms with Crippen LogP contribution in [0.4, 0.5) is 0 Å². The van der Waals surface area contributed by atoms with Crippen molar-refractivity contribution in [3.8, 4) is 0 Å². The third-order valence-electron chi connectivity index (χ3n) is 2.16. The van der Waals surface area contributed by atoms with Crippen molar-refractivity contribution in [3.63, 3.8) is 0 Å². The Bertz CT molecular complexity index is 528. The maximum absolute atomic E-state index is 10.9. The third kappa shape index (κ3) is 1.80. The van der Waals surface area contributed by atoms with Gasteiger partial charge in [0.05, 0.1) is 0 Å². The molecule has 0 amide bonds. The van der Waals surface area contributed by atoms with E-state index in [-0.39, 0.29) is 17.3 Å². The van der Waals surface area contributed by atoms with Crippen molar-refractivity contribution >= 4 is 35.0 Å². The molecule has 0 spiro atoms. The molecule has 0 atom stereocenters. The average molecular weight is 220 g/mol. The molecule has 3 nitrogen and oxygen atoms in total. The predicted molar refractivity (Wildman–Crippen MR) is 59.3 cm³/mol. The van der Waals surface area contributed by atoms with Crippen molar-refractivity contribution in [2.24, 2.45) is 0 Å². The summed E-state index contributed by atoms with van der Waals surface area (Å²) in [6.45, 7) is 0. The van der Waals surface area contributed by atoms with Crippen LogP contribution in [-0.2, 0) is 11.2 Å². The molecule has 0 saturated heterocycles. The lowest BCUT2D eigenvalue weighted by atomic mass is 10.1. The molecule has 1 aromatic heterocycles. The highest BCUT2D eigenvalue weighted by molar-refractivity contribution is 7.96. The van der Waals surface area contributed by atoms with Gasteiger partial charge in [0.2, 0.25) is 0 Å². The number of furan rings is 1. The Labute approximate surface area is 91.5 Å². The standard InChI is InChI=1S/C11H8O3S/c12-6-10-8(5-11(13)15)7-3-1-2-4-9(7)14-10/h1-4,6H,5H2,(H,13,15). The monoisotopic (exact) mass is 220 g/mol. The van der Waals surface area contributed by atoms with Gasteiger partial charge < -0.3 is 4.42 Å². The SMILES string of the molecule is O=Cc1oc2ccccc2c1CC(=O)S. The Morgan fingerprint density at radius 3 is 2.80 bits per heavy atom. The topological polar surface area (TPSA) is 47.3 Å². The Kier molecular flexibility index (Phi) is 2.60. The maximum atomic E-state index is 10.9. The Morgan fingerprint density at radius 2 is 2.13 bits per heavy atom. The van der Waals surface area contributed by atoms with Gasteiger partial charge in [-0.25, -0.2) is 0 Å². The van der Waals surface area contributed by atoms with Crippen LogP contribution in [0.3, 0.4) is 0 Å². The number of hydrogen-bond donors (Lipinski definition) is 1. The second kappa shape index (κ2) is 3.90. The van der Waals surface area contributed by atoms with Crippen molar-refractivity contribution < 1.29 is 14.0 Å². The molecule has 0 aliphatic heterocycles. The van der Waals surface area contributed by atoms with Gasteiger partial charge in [-0.1, -0.05) is 18.2 Å². The molecule has 1 aromatic carbocycles. The zero-order valence-electron chi connectivity index (χ0n) is 7.77. The molecule has 2 rings (SSSR count). The van der Waals surface area contributed by atoms with Crippen LogP contribution in [0, 0.1) is 0 Å². The van der Waals surface area contributed by atoms with Gasteiger partial charge in [-0.2, -0.15) is 0 Å². The van der Waals surface area contributed by atoms with Crippen LogP contribution in [0.1, 0.15) is 16.1 Å². The van der Waals surface area contributed by atoms with E-state index in [1.54, 1.807) is 6.07 Å². The molecule has 76 valence electrons. The smallest absolute Gasteiger partial charge is 0.190 e. The van der Waals surface area contributed by atoms with Gasteiger partial charge in [-0.3, -0.25) is 9.59 Å². The van der Waals surface area contributed by atoms with E-state index in [1.807, 2.05) is 18.2 Å². The lowest BCUT2D eigenvalue weighted by molar-refractivity contribution is -0.110. The molecule has 15 heavy (non-hydrogen) atoms. The van der Waals surface area contributed by atoms with Gasteiger partial charge in [0.15, 0.2) is 17.2 Å². The fourth-order valence-corrected chi connectivity index (χ4v) is 1.70. The first kappa shape index (κ1) is 9.98. The van der Waals surface area contributed by atoms with E-state index >= 15 is 0 Å². The summed E-state index contributed by atoms with van der Waals surface area (Å²) < 4.78 is 5.29. The highest BCUT2D eigenvalue weighted by Crippen LogP contribution is 2.25. The number of thiol groups is 1. The zero-order chi connectivity index (χ0) is 10.8. The first-order valence-electron chi connectivity index (χ1n) is 4.39. The van der Waals surface area contributed by atoms with Gasteiger partial charge in [-0.15, -0.1) is 12.6 Å². The molecule has 0 radical (unpaired) electrons. The number of fused-ring (bicyclic) bond motifs is 1.